The summed E-state index contributed by atoms with van der Waals surface area (Å²) < 4.78 is 2.03. The molecule has 2 N–H and O–H groups in total. The molecular formula is C34H34N6O. The number of hydrogen-bond acceptors (Lipinski definition) is 4. The van der Waals surface area contributed by atoms with Crippen molar-refractivity contribution >= 4 is 16.9 Å². The molecule has 5 aromatic rings. The largest absolute Gasteiger partial charge is 0.348 e. The molecule has 1 saturated heterocycles. The molecule has 2 aliphatic heterocycles. The summed E-state index contributed by atoms with van der Waals surface area (Å²) >= 11 is 0. The number of imidazole rings is 1. The number of carbonyl (C=O) groups is 1. The Morgan fingerprint density at radius 1 is 0.976 bits per heavy atom. The number of H-pyrrole nitrogens is 1. The van der Waals surface area contributed by atoms with E-state index < -0.39 is 0 Å². The maximum absolute atomic E-state index is 12.7. The lowest BCUT2D eigenvalue weighted by molar-refractivity contribution is 0.0966. The summed E-state index contributed by atoms with van der Waals surface area (Å²) in [5.74, 6) is 1.42. The zero-order valence-electron chi connectivity index (χ0n) is 23.4. The van der Waals surface area contributed by atoms with Crippen LogP contribution in [0.4, 0.5) is 0 Å². The van der Waals surface area contributed by atoms with Crippen LogP contribution in [0, 0.1) is 0 Å². The van der Waals surface area contributed by atoms with Crippen molar-refractivity contribution in [1.82, 2.24) is 30.0 Å². The van der Waals surface area contributed by atoms with Gasteiger partial charge in [0.15, 0.2) is 0 Å². The van der Waals surface area contributed by atoms with Crippen LogP contribution in [0.1, 0.15) is 69.2 Å². The van der Waals surface area contributed by atoms with Crippen LogP contribution in [-0.4, -0.2) is 50.7 Å². The van der Waals surface area contributed by atoms with Gasteiger partial charge in [-0.05, 0) is 110 Å². The molecule has 8 rings (SSSR count). The van der Waals surface area contributed by atoms with Crippen molar-refractivity contribution in [3.8, 4) is 17.1 Å². The minimum atomic E-state index is 0.0193. The smallest absolute Gasteiger partial charge is 0.251 e. The molecular weight excluding hydrogens is 508 g/mol. The quantitative estimate of drug-likeness (QED) is 0.305. The predicted molar refractivity (Wildman–Crippen MR) is 161 cm³/mol. The number of benzene rings is 3. The number of carbonyl (C=O) groups excluding carboxylic acids is 1. The number of para-hydroxylation sites is 2. The van der Waals surface area contributed by atoms with Crippen LogP contribution in [0.2, 0.25) is 0 Å². The van der Waals surface area contributed by atoms with Gasteiger partial charge in [0.25, 0.3) is 5.91 Å². The maximum Gasteiger partial charge on any atom is 0.251 e. The number of hydrogen-bond donors (Lipinski definition) is 2. The minimum absolute atomic E-state index is 0.0193. The Bertz CT molecular complexity index is 1760. The first-order valence-electron chi connectivity index (χ1n) is 14.9. The molecule has 2 aromatic heterocycles. The summed E-state index contributed by atoms with van der Waals surface area (Å²) in [5.41, 5.74) is 12.5. The number of piperidine rings is 1. The molecule has 0 saturated carbocycles. The van der Waals surface area contributed by atoms with Gasteiger partial charge in [0.1, 0.15) is 0 Å². The molecule has 41 heavy (non-hydrogen) atoms. The first-order chi connectivity index (χ1) is 20.1. The molecule has 0 radical (unpaired) electrons. The first-order valence-corrected chi connectivity index (χ1v) is 14.9. The Balaban J connectivity index is 1.17. The Kier molecular flexibility index (Phi) is 5.81. The average molecular weight is 543 g/mol. The van der Waals surface area contributed by atoms with Crippen molar-refractivity contribution in [1.29, 1.82) is 0 Å². The van der Waals surface area contributed by atoms with Crippen LogP contribution >= 0.6 is 0 Å². The summed E-state index contributed by atoms with van der Waals surface area (Å²) in [7, 11) is 2.21. The number of fused-ring (bicyclic) bond motifs is 3. The van der Waals surface area contributed by atoms with Gasteiger partial charge < -0.3 is 15.2 Å². The molecule has 206 valence electrons. The Morgan fingerprint density at radius 3 is 2.63 bits per heavy atom. The predicted octanol–water partition coefficient (Wildman–Crippen LogP) is 5.55. The summed E-state index contributed by atoms with van der Waals surface area (Å²) in [6.07, 6.45) is 6.32. The highest BCUT2D eigenvalue weighted by atomic mass is 16.1. The first kappa shape index (κ1) is 24.6. The molecule has 3 aliphatic rings. The lowest BCUT2D eigenvalue weighted by atomic mass is 9.87. The second kappa shape index (κ2) is 9.70. The molecule has 7 nitrogen and oxygen atoms in total. The van der Waals surface area contributed by atoms with Gasteiger partial charge in [-0.25, -0.2) is 9.67 Å². The summed E-state index contributed by atoms with van der Waals surface area (Å²) in [6, 6.07) is 21.6. The van der Waals surface area contributed by atoms with E-state index >= 15 is 0 Å². The normalized spacial score (nSPS) is 17.2. The van der Waals surface area contributed by atoms with E-state index in [2.05, 4.69) is 64.7 Å². The van der Waals surface area contributed by atoms with Gasteiger partial charge in [-0.3, -0.25) is 4.79 Å². The fraction of sp³-hybridized carbons (Fsp3) is 0.324. The highest BCUT2D eigenvalue weighted by Gasteiger charge is 2.27. The van der Waals surface area contributed by atoms with Crippen LogP contribution in [0.3, 0.4) is 0 Å². The standard InChI is InChI=1S/C34H34N6O/c1-39-15-13-22(14-16-39)21-9-11-23(12-10-21)27-19-28-25(20-35-33(28)41)17-24(27)18-31-26-5-4-8-32(26)40(38-31)34-36-29-6-2-3-7-30(29)37-34/h2-3,6-7,9-12,17,19,22H,4-5,8,13-16,18,20H2,1H3,(H,35,41)(H,36,37). The second-order valence-corrected chi connectivity index (χ2v) is 11.9. The highest BCUT2D eigenvalue weighted by Crippen LogP contribution is 2.36. The van der Waals surface area contributed by atoms with Gasteiger partial charge in [-0.2, -0.15) is 5.10 Å². The van der Waals surface area contributed by atoms with Gasteiger partial charge >= 0.3 is 0 Å². The third-order valence-electron chi connectivity index (χ3n) is 9.37. The van der Waals surface area contributed by atoms with Gasteiger partial charge in [0.2, 0.25) is 5.95 Å². The lowest BCUT2D eigenvalue weighted by Gasteiger charge is -2.29. The molecule has 0 spiro atoms. The Labute approximate surface area is 239 Å². The van der Waals surface area contributed by atoms with Gasteiger partial charge in [-0.1, -0.05) is 42.5 Å². The van der Waals surface area contributed by atoms with Gasteiger partial charge in [0.05, 0.1) is 22.4 Å². The maximum atomic E-state index is 12.7. The van der Waals surface area contributed by atoms with Crippen molar-refractivity contribution in [3.63, 3.8) is 0 Å². The summed E-state index contributed by atoms with van der Waals surface area (Å²) in [5, 5.41) is 8.17. The van der Waals surface area contributed by atoms with E-state index in [9.17, 15) is 4.79 Å². The summed E-state index contributed by atoms with van der Waals surface area (Å²) in [4.78, 5) is 23.4. The Morgan fingerprint density at radius 2 is 1.80 bits per heavy atom. The van der Waals surface area contributed by atoms with Crippen molar-refractivity contribution < 1.29 is 4.79 Å². The third kappa shape index (κ3) is 4.27. The number of aromatic amines is 1. The van der Waals surface area contributed by atoms with Crippen molar-refractivity contribution in [2.24, 2.45) is 0 Å². The highest BCUT2D eigenvalue weighted by molar-refractivity contribution is 6.00. The lowest BCUT2D eigenvalue weighted by Crippen LogP contribution is -2.29. The van der Waals surface area contributed by atoms with Gasteiger partial charge in [0, 0.05) is 18.5 Å². The van der Waals surface area contributed by atoms with E-state index in [-0.39, 0.29) is 5.91 Å². The van der Waals surface area contributed by atoms with Crippen molar-refractivity contribution in [2.45, 2.75) is 51.0 Å². The molecule has 0 unspecified atom stereocenters. The minimum Gasteiger partial charge on any atom is -0.348 e. The number of amides is 1. The van der Waals surface area contributed by atoms with Crippen LogP contribution < -0.4 is 5.32 Å². The second-order valence-electron chi connectivity index (χ2n) is 11.9. The number of rotatable bonds is 5. The summed E-state index contributed by atoms with van der Waals surface area (Å²) in [6.45, 7) is 2.89. The third-order valence-corrected chi connectivity index (χ3v) is 9.37. The van der Waals surface area contributed by atoms with E-state index in [1.54, 1.807) is 0 Å². The zero-order valence-corrected chi connectivity index (χ0v) is 23.4. The number of likely N-dealkylation sites (tertiary alicyclic amines) is 1. The molecule has 0 atom stereocenters. The van der Waals surface area contributed by atoms with Crippen molar-refractivity contribution in [3.05, 3.63) is 99.9 Å². The number of nitrogens with zero attached hydrogens (tertiary/aromatic N) is 4. The fourth-order valence-electron chi connectivity index (χ4n) is 7.07. The van der Waals surface area contributed by atoms with E-state index in [1.807, 2.05) is 22.9 Å². The molecule has 0 bridgehead atoms. The molecule has 7 heteroatoms. The van der Waals surface area contributed by atoms with Gasteiger partial charge in [-0.15, -0.1) is 0 Å². The fourth-order valence-corrected chi connectivity index (χ4v) is 7.07. The van der Waals surface area contributed by atoms with E-state index in [4.69, 9.17) is 10.1 Å². The van der Waals surface area contributed by atoms with Crippen LogP contribution in [0.25, 0.3) is 28.1 Å². The average Bonchev–Trinajstić information content (AvgIpc) is 3.78. The van der Waals surface area contributed by atoms with E-state index in [1.165, 1.54) is 35.2 Å². The molecule has 1 amide bonds. The zero-order chi connectivity index (χ0) is 27.5. The van der Waals surface area contributed by atoms with Crippen LogP contribution in [-0.2, 0) is 25.8 Å². The van der Waals surface area contributed by atoms with Crippen LogP contribution in [0.15, 0.2) is 60.7 Å². The Hall–Kier alpha value is -4.23. The molecule has 4 heterocycles. The SMILES string of the molecule is CN1CCC(c2ccc(-c3cc4c(cc3Cc3nn(-c5nc6ccccc6[nH]5)c5c3CCC5)CNC4=O)cc2)CC1. The number of aromatic nitrogens is 4. The monoisotopic (exact) mass is 542 g/mol. The van der Waals surface area contributed by atoms with E-state index in [0.717, 1.165) is 83.7 Å². The molecule has 1 aliphatic carbocycles. The molecule has 3 aromatic carbocycles. The number of nitrogens with one attached hydrogen (secondary N) is 2. The van der Waals surface area contributed by atoms with Crippen LogP contribution in [0.5, 0.6) is 0 Å². The molecule has 1 fully saturated rings. The van der Waals surface area contributed by atoms with Crippen molar-refractivity contribution in [2.75, 3.05) is 20.1 Å². The van der Waals surface area contributed by atoms with E-state index in [0.29, 0.717) is 12.5 Å². The topological polar surface area (TPSA) is 78.8 Å².